The van der Waals surface area contributed by atoms with Crippen molar-refractivity contribution in [2.75, 3.05) is 6.54 Å². The fourth-order valence-corrected chi connectivity index (χ4v) is 1.70. The lowest BCUT2D eigenvalue weighted by molar-refractivity contribution is 0.0949. The number of unbranched alkanes of at least 4 members (excludes halogenated alkanes) is 2. The third kappa shape index (κ3) is 3.93. The van der Waals surface area contributed by atoms with Crippen LogP contribution in [0.3, 0.4) is 0 Å². The molecule has 0 saturated carbocycles. The minimum absolute atomic E-state index is 0.0888. The zero-order valence-corrected chi connectivity index (χ0v) is 10.8. The summed E-state index contributed by atoms with van der Waals surface area (Å²) in [7, 11) is 0. The Morgan fingerprint density at radius 3 is 2.88 bits per heavy atom. The van der Waals surface area contributed by atoms with Gasteiger partial charge in [-0.2, -0.15) is 0 Å². The molecule has 1 aromatic rings. The first-order valence-corrected chi connectivity index (χ1v) is 6.17. The summed E-state index contributed by atoms with van der Waals surface area (Å²) in [6.45, 7) is 2.69. The molecule has 0 radical (unpaired) electrons. The van der Waals surface area contributed by atoms with Crippen molar-refractivity contribution in [3.05, 3.63) is 34.1 Å². The van der Waals surface area contributed by atoms with Crippen LogP contribution < -0.4 is 5.32 Å². The molecular weight excluding hydrogens is 273 g/mol. The van der Waals surface area contributed by atoms with Gasteiger partial charge in [-0.3, -0.25) is 4.79 Å². The Balaban J connectivity index is 2.55. The van der Waals surface area contributed by atoms with Crippen LogP contribution in [0.15, 0.2) is 22.7 Å². The Morgan fingerprint density at radius 2 is 2.19 bits per heavy atom. The number of halogens is 2. The predicted molar refractivity (Wildman–Crippen MR) is 66.0 cm³/mol. The summed E-state index contributed by atoms with van der Waals surface area (Å²) >= 11 is 3.21. The summed E-state index contributed by atoms with van der Waals surface area (Å²) in [6.07, 6.45) is 3.10. The Morgan fingerprint density at radius 1 is 1.44 bits per heavy atom. The monoisotopic (exact) mass is 287 g/mol. The van der Waals surface area contributed by atoms with Crippen LogP contribution in [0, 0.1) is 5.82 Å². The van der Waals surface area contributed by atoms with E-state index < -0.39 is 5.82 Å². The van der Waals surface area contributed by atoms with Crippen molar-refractivity contribution in [3.63, 3.8) is 0 Å². The number of hydrogen-bond acceptors (Lipinski definition) is 1. The molecule has 1 amide bonds. The molecule has 0 aliphatic rings. The average Bonchev–Trinajstić information content (AvgIpc) is 2.27. The highest BCUT2D eigenvalue weighted by atomic mass is 79.9. The Bertz CT molecular complexity index is 368. The molecule has 0 unspecified atom stereocenters. The number of amides is 1. The molecule has 0 spiro atoms. The normalized spacial score (nSPS) is 10.2. The van der Waals surface area contributed by atoms with Gasteiger partial charge < -0.3 is 5.32 Å². The van der Waals surface area contributed by atoms with Crippen molar-refractivity contribution in [1.82, 2.24) is 5.32 Å². The van der Waals surface area contributed by atoms with E-state index in [9.17, 15) is 9.18 Å². The van der Waals surface area contributed by atoms with Gasteiger partial charge in [0.15, 0.2) is 0 Å². The third-order valence-corrected chi connectivity index (χ3v) is 2.73. The van der Waals surface area contributed by atoms with Gasteiger partial charge in [0.25, 0.3) is 5.91 Å². The first-order chi connectivity index (χ1) is 7.65. The molecule has 0 saturated heterocycles. The van der Waals surface area contributed by atoms with Gasteiger partial charge >= 0.3 is 0 Å². The van der Waals surface area contributed by atoms with Gasteiger partial charge in [0.2, 0.25) is 0 Å². The molecule has 1 N–H and O–H groups in total. The van der Waals surface area contributed by atoms with Gasteiger partial charge in [-0.1, -0.05) is 35.7 Å². The summed E-state index contributed by atoms with van der Waals surface area (Å²) in [4.78, 5) is 11.6. The Kier molecular flexibility index (Phi) is 5.46. The molecule has 0 atom stereocenters. The van der Waals surface area contributed by atoms with Crippen LogP contribution in [0.2, 0.25) is 0 Å². The van der Waals surface area contributed by atoms with E-state index in [0.717, 1.165) is 19.3 Å². The lowest BCUT2D eigenvalue weighted by atomic mass is 10.2. The minimum Gasteiger partial charge on any atom is -0.352 e. The number of hydrogen-bond donors (Lipinski definition) is 1. The summed E-state index contributed by atoms with van der Waals surface area (Å²) in [5.41, 5.74) is 0.0888. The zero-order valence-electron chi connectivity index (χ0n) is 9.22. The summed E-state index contributed by atoms with van der Waals surface area (Å²) in [5.74, 6) is -0.842. The molecule has 0 heterocycles. The quantitative estimate of drug-likeness (QED) is 0.825. The highest BCUT2D eigenvalue weighted by Gasteiger charge is 2.10. The molecular formula is C12H15BrFNO. The lowest BCUT2D eigenvalue weighted by Crippen LogP contribution is -2.25. The smallest absolute Gasteiger partial charge is 0.254 e. The van der Waals surface area contributed by atoms with Crippen molar-refractivity contribution < 1.29 is 9.18 Å². The number of nitrogens with one attached hydrogen (secondary N) is 1. The minimum atomic E-state index is -0.490. The van der Waals surface area contributed by atoms with Crippen LogP contribution in [0.4, 0.5) is 4.39 Å². The molecule has 1 aromatic carbocycles. The highest BCUT2D eigenvalue weighted by molar-refractivity contribution is 9.10. The molecule has 0 fully saturated rings. The second-order valence-electron chi connectivity index (χ2n) is 3.59. The second-order valence-corrected chi connectivity index (χ2v) is 4.50. The number of rotatable bonds is 5. The topological polar surface area (TPSA) is 29.1 Å². The van der Waals surface area contributed by atoms with E-state index >= 15 is 0 Å². The van der Waals surface area contributed by atoms with E-state index in [1.807, 2.05) is 0 Å². The molecule has 2 nitrogen and oxygen atoms in total. The zero-order chi connectivity index (χ0) is 12.0. The molecule has 0 aliphatic carbocycles. The molecule has 16 heavy (non-hydrogen) atoms. The van der Waals surface area contributed by atoms with Crippen LogP contribution in [-0.2, 0) is 0 Å². The highest BCUT2D eigenvalue weighted by Crippen LogP contribution is 2.15. The van der Waals surface area contributed by atoms with Gasteiger partial charge in [0, 0.05) is 11.0 Å². The molecule has 0 aliphatic heterocycles. The summed E-state index contributed by atoms with van der Waals surface area (Å²) < 4.78 is 14.0. The van der Waals surface area contributed by atoms with Gasteiger partial charge in [-0.15, -0.1) is 0 Å². The van der Waals surface area contributed by atoms with E-state index in [-0.39, 0.29) is 11.5 Å². The second kappa shape index (κ2) is 6.63. The van der Waals surface area contributed by atoms with Crippen LogP contribution in [0.25, 0.3) is 0 Å². The molecule has 0 aromatic heterocycles. The molecule has 1 rings (SSSR count). The maximum atomic E-state index is 13.3. The van der Waals surface area contributed by atoms with E-state index in [1.54, 1.807) is 6.07 Å². The number of carbonyl (C=O) groups is 1. The van der Waals surface area contributed by atoms with Crippen LogP contribution in [0.1, 0.15) is 36.5 Å². The van der Waals surface area contributed by atoms with Crippen molar-refractivity contribution in [1.29, 1.82) is 0 Å². The Hall–Kier alpha value is -0.900. The van der Waals surface area contributed by atoms with Gasteiger partial charge in [-0.25, -0.2) is 4.39 Å². The third-order valence-electron chi connectivity index (χ3n) is 2.24. The fourth-order valence-electron chi connectivity index (χ4n) is 1.34. The standard InChI is InChI=1S/C12H15BrFNO/c1-2-3-4-7-15-12(16)10-8-9(13)5-6-11(10)14/h5-6,8H,2-4,7H2,1H3,(H,15,16). The maximum absolute atomic E-state index is 13.3. The average molecular weight is 288 g/mol. The van der Waals surface area contributed by atoms with E-state index in [0.29, 0.717) is 11.0 Å². The SMILES string of the molecule is CCCCCNC(=O)c1cc(Br)ccc1F. The first-order valence-electron chi connectivity index (χ1n) is 5.38. The molecule has 4 heteroatoms. The van der Waals surface area contributed by atoms with Crippen LogP contribution in [0.5, 0.6) is 0 Å². The molecule has 88 valence electrons. The predicted octanol–water partition coefficient (Wildman–Crippen LogP) is 3.51. The largest absolute Gasteiger partial charge is 0.352 e. The van der Waals surface area contributed by atoms with Gasteiger partial charge in [-0.05, 0) is 24.6 Å². The van der Waals surface area contributed by atoms with Crippen LogP contribution >= 0.6 is 15.9 Å². The summed E-state index contributed by atoms with van der Waals surface area (Å²) in [6, 6.07) is 4.35. The molecule has 0 bridgehead atoms. The number of benzene rings is 1. The van der Waals surface area contributed by atoms with E-state index in [4.69, 9.17) is 0 Å². The van der Waals surface area contributed by atoms with E-state index in [1.165, 1.54) is 12.1 Å². The van der Waals surface area contributed by atoms with Gasteiger partial charge in [0.05, 0.1) is 5.56 Å². The van der Waals surface area contributed by atoms with Crippen molar-refractivity contribution >= 4 is 21.8 Å². The van der Waals surface area contributed by atoms with Crippen LogP contribution in [-0.4, -0.2) is 12.5 Å². The van der Waals surface area contributed by atoms with Crippen molar-refractivity contribution in [3.8, 4) is 0 Å². The number of carbonyl (C=O) groups excluding carboxylic acids is 1. The van der Waals surface area contributed by atoms with Crippen molar-refractivity contribution in [2.45, 2.75) is 26.2 Å². The lowest BCUT2D eigenvalue weighted by Gasteiger charge is -2.06. The Labute approximate surface area is 103 Å². The fraction of sp³-hybridized carbons (Fsp3) is 0.417. The van der Waals surface area contributed by atoms with Gasteiger partial charge in [0.1, 0.15) is 5.82 Å². The van der Waals surface area contributed by atoms with Crippen molar-refractivity contribution in [2.24, 2.45) is 0 Å². The first kappa shape index (κ1) is 13.2. The van der Waals surface area contributed by atoms with E-state index in [2.05, 4.69) is 28.2 Å². The maximum Gasteiger partial charge on any atom is 0.254 e. The summed E-state index contributed by atoms with van der Waals surface area (Å²) in [5, 5.41) is 2.70.